The van der Waals surface area contributed by atoms with E-state index in [4.69, 9.17) is 9.47 Å². The van der Waals surface area contributed by atoms with Crippen molar-refractivity contribution in [2.75, 3.05) is 13.7 Å². The van der Waals surface area contributed by atoms with E-state index in [-0.39, 0.29) is 29.3 Å². The molecule has 162 valence electrons. The predicted octanol–water partition coefficient (Wildman–Crippen LogP) is 4.79. The van der Waals surface area contributed by atoms with E-state index in [1.54, 1.807) is 7.05 Å². The Morgan fingerprint density at radius 1 is 1.10 bits per heavy atom. The van der Waals surface area contributed by atoms with Crippen LogP contribution in [0.5, 0.6) is 11.5 Å². The minimum atomic E-state index is -0.600. The molecular weight excluding hydrogens is 382 g/mol. The summed E-state index contributed by atoms with van der Waals surface area (Å²) < 4.78 is 11.5. The van der Waals surface area contributed by atoms with E-state index in [1.165, 1.54) is 6.07 Å². The SMILES string of the molecule is C/N=C1/C=C/CC/C=C/C[C@@H](C)OC(=O)c2c(O)cc(O)c(C3CCCCO3)c2C1. The molecule has 1 unspecified atom stereocenters. The first-order valence-electron chi connectivity index (χ1n) is 10.7. The van der Waals surface area contributed by atoms with E-state index in [9.17, 15) is 15.0 Å². The second kappa shape index (κ2) is 10.4. The molecule has 6 heteroatoms. The van der Waals surface area contributed by atoms with Crippen LogP contribution in [0.3, 0.4) is 0 Å². The van der Waals surface area contributed by atoms with Crippen molar-refractivity contribution in [2.45, 2.75) is 64.1 Å². The molecule has 3 rings (SSSR count). The number of rotatable bonds is 1. The Hall–Kier alpha value is -2.60. The molecule has 0 saturated carbocycles. The molecule has 1 aromatic rings. The monoisotopic (exact) mass is 413 g/mol. The highest BCUT2D eigenvalue weighted by Gasteiger charge is 2.30. The van der Waals surface area contributed by atoms with Gasteiger partial charge in [-0.2, -0.15) is 0 Å². The van der Waals surface area contributed by atoms with Crippen molar-refractivity contribution in [3.63, 3.8) is 0 Å². The molecule has 2 aliphatic heterocycles. The van der Waals surface area contributed by atoms with Crippen molar-refractivity contribution in [3.8, 4) is 11.5 Å². The Balaban J connectivity index is 2.13. The van der Waals surface area contributed by atoms with Crippen molar-refractivity contribution in [1.29, 1.82) is 0 Å². The molecule has 1 fully saturated rings. The molecule has 2 heterocycles. The Morgan fingerprint density at radius 3 is 2.63 bits per heavy atom. The maximum atomic E-state index is 13.1. The van der Waals surface area contributed by atoms with E-state index in [2.05, 4.69) is 17.1 Å². The zero-order chi connectivity index (χ0) is 21.5. The van der Waals surface area contributed by atoms with Crippen LogP contribution in [-0.4, -0.2) is 41.7 Å². The largest absolute Gasteiger partial charge is 0.507 e. The fourth-order valence-electron chi connectivity index (χ4n) is 3.96. The number of carbonyl (C=O) groups is 1. The zero-order valence-corrected chi connectivity index (χ0v) is 17.8. The number of cyclic esters (lactones) is 1. The zero-order valence-electron chi connectivity index (χ0n) is 17.8. The normalized spacial score (nSPS) is 27.0. The number of fused-ring (bicyclic) bond motifs is 1. The fraction of sp³-hybridized carbons (Fsp3) is 0.500. The van der Waals surface area contributed by atoms with Gasteiger partial charge in [0.2, 0.25) is 0 Å². The summed E-state index contributed by atoms with van der Waals surface area (Å²) in [5, 5.41) is 21.3. The molecule has 1 aromatic carbocycles. The lowest BCUT2D eigenvalue weighted by Gasteiger charge is -2.27. The summed E-state index contributed by atoms with van der Waals surface area (Å²) >= 11 is 0. The Kier molecular flexibility index (Phi) is 7.69. The molecule has 2 N–H and O–H groups in total. The average molecular weight is 414 g/mol. The van der Waals surface area contributed by atoms with Crippen LogP contribution < -0.4 is 0 Å². The highest BCUT2D eigenvalue weighted by molar-refractivity contribution is 6.01. The lowest BCUT2D eigenvalue weighted by Crippen LogP contribution is -2.21. The molecule has 30 heavy (non-hydrogen) atoms. The van der Waals surface area contributed by atoms with E-state index >= 15 is 0 Å². The summed E-state index contributed by atoms with van der Waals surface area (Å²) in [6.07, 6.45) is 12.8. The first-order valence-corrected chi connectivity index (χ1v) is 10.7. The molecular formula is C24H31NO5. The second-order valence-electron chi connectivity index (χ2n) is 7.83. The van der Waals surface area contributed by atoms with Crippen molar-refractivity contribution in [2.24, 2.45) is 4.99 Å². The molecule has 6 nitrogen and oxygen atoms in total. The number of benzene rings is 1. The third kappa shape index (κ3) is 5.30. The molecule has 0 bridgehead atoms. The van der Waals surface area contributed by atoms with Gasteiger partial charge in [-0.05, 0) is 50.7 Å². The topological polar surface area (TPSA) is 88.4 Å². The summed E-state index contributed by atoms with van der Waals surface area (Å²) in [5.74, 6) is -0.958. The van der Waals surface area contributed by atoms with Gasteiger partial charge in [-0.15, -0.1) is 0 Å². The van der Waals surface area contributed by atoms with Gasteiger partial charge in [-0.25, -0.2) is 4.79 Å². The van der Waals surface area contributed by atoms with Gasteiger partial charge in [0.15, 0.2) is 0 Å². The molecule has 0 spiro atoms. The van der Waals surface area contributed by atoms with Crippen LogP contribution >= 0.6 is 0 Å². The third-order valence-corrected chi connectivity index (χ3v) is 5.54. The van der Waals surface area contributed by atoms with Gasteiger partial charge in [0.25, 0.3) is 0 Å². The number of ether oxygens (including phenoxy) is 2. The van der Waals surface area contributed by atoms with Crippen LogP contribution in [0.15, 0.2) is 35.4 Å². The quantitative estimate of drug-likeness (QED) is 0.510. The smallest absolute Gasteiger partial charge is 0.342 e. The van der Waals surface area contributed by atoms with Crippen molar-refractivity contribution in [1.82, 2.24) is 0 Å². The van der Waals surface area contributed by atoms with Crippen LogP contribution in [0.25, 0.3) is 0 Å². The van der Waals surface area contributed by atoms with Crippen LogP contribution in [0.2, 0.25) is 0 Å². The maximum absolute atomic E-state index is 13.1. The maximum Gasteiger partial charge on any atom is 0.342 e. The highest BCUT2D eigenvalue weighted by atomic mass is 16.5. The van der Waals surface area contributed by atoms with E-state index in [0.29, 0.717) is 30.6 Å². The lowest BCUT2D eigenvalue weighted by atomic mass is 9.88. The summed E-state index contributed by atoms with van der Waals surface area (Å²) in [5.41, 5.74) is 1.91. The van der Waals surface area contributed by atoms with Crippen molar-refractivity contribution in [3.05, 3.63) is 47.1 Å². The van der Waals surface area contributed by atoms with E-state index in [0.717, 1.165) is 37.8 Å². The molecule has 0 aliphatic carbocycles. The number of allylic oxidation sites excluding steroid dienone is 3. The summed E-state index contributed by atoms with van der Waals surface area (Å²) in [7, 11) is 1.70. The van der Waals surface area contributed by atoms with Crippen LogP contribution in [0.1, 0.15) is 73.0 Å². The summed E-state index contributed by atoms with van der Waals surface area (Å²) in [6.45, 7) is 2.43. The Labute approximate surface area is 177 Å². The first kappa shape index (κ1) is 22.1. The second-order valence-corrected chi connectivity index (χ2v) is 7.83. The van der Waals surface area contributed by atoms with E-state index < -0.39 is 5.97 Å². The molecule has 0 amide bonds. The lowest BCUT2D eigenvalue weighted by molar-refractivity contribution is 0.0129. The molecule has 2 atom stereocenters. The van der Waals surface area contributed by atoms with Gasteiger partial charge in [0.05, 0.1) is 6.10 Å². The number of aliphatic imine (C=N–C) groups is 1. The number of phenols is 2. The number of esters is 1. The molecule has 0 aromatic heterocycles. The van der Waals surface area contributed by atoms with Gasteiger partial charge >= 0.3 is 5.97 Å². The van der Waals surface area contributed by atoms with Crippen LogP contribution in [-0.2, 0) is 15.9 Å². The van der Waals surface area contributed by atoms with Crippen LogP contribution in [0.4, 0.5) is 0 Å². The number of hydrogen-bond acceptors (Lipinski definition) is 6. The van der Waals surface area contributed by atoms with E-state index in [1.807, 2.05) is 19.1 Å². The number of hydrogen-bond donors (Lipinski definition) is 2. The van der Waals surface area contributed by atoms with Gasteiger partial charge in [0, 0.05) is 43.8 Å². The molecule has 2 aliphatic rings. The first-order chi connectivity index (χ1) is 14.5. The van der Waals surface area contributed by atoms with Gasteiger partial charge in [-0.1, -0.05) is 18.2 Å². The van der Waals surface area contributed by atoms with Gasteiger partial charge in [0.1, 0.15) is 23.2 Å². The van der Waals surface area contributed by atoms with Crippen molar-refractivity contribution >= 4 is 11.7 Å². The average Bonchev–Trinajstić information content (AvgIpc) is 2.71. The number of aromatic hydroxyl groups is 2. The predicted molar refractivity (Wildman–Crippen MR) is 116 cm³/mol. The minimum absolute atomic E-state index is 0.0671. The standard InChI is InChI=1S/C24H31NO5/c1-16-10-6-4-3-5-7-11-17(25-2)14-18-22(21-12-8-9-13-29-21)19(26)15-20(27)23(18)24(28)30-16/h4,6-7,11,15-16,21,26-27H,3,5,8-10,12-14H2,1-2H3/b6-4+,11-7+,25-17-/t16-,21?/m1/s1. The highest BCUT2D eigenvalue weighted by Crippen LogP contribution is 2.41. The molecule has 0 radical (unpaired) electrons. The van der Waals surface area contributed by atoms with Crippen molar-refractivity contribution < 1.29 is 24.5 Å². The summed E-state index contributed by atoms with van der Waals surface area (Å²) in [6, 6.07) is 1.22. The molecule has 1 saturated heterocycles. The Bertz CT molecular complexity index is 850. The third-order valence-electron chi connectivity index (χ3n) is 5.54. The van der Waals surface area contributed by atoms with Crippen LogP contribution in [0, 0.1) is 0 Å². The minimum Gasteiger partial charge on any atom is -0.507 e. The van der Waals surface area contributed by atoms with Gasteiger partial charge < -0.3 is 19.7 Å². The summed E-state index contributed by atoms with van der Waals surface area (Å²) in [4.78, 5) is 17.4. The fourth-order valence-corrected chi connectivity index (χ4v) is 3.96. The number of nitrogens with zero attached hydrogens (tertiary/aromatic N) is 1. The van der Waals surface area contributed by atoms with Gasteiger partial charge in [-0.3, -0.25) is 4.99 Å². The Morgan fingerprint density at radius 2 is 1.90 bits per heavy atom. The number of phenolic OH excluding ortho intramolecular Hbond substituents is 2. The number of carbonyl (C=O) groups excluding carboxylic acids is 1.